The Bertz CT molecular complexity index is 871. The van der Waals surface area contributed by atoms with Gasteiger partial charge in [-0.3, -0.25) is 9.59 Å². The average Bonchev–Trinajstić information content (AvgIpc) is 2.63. The van der Waals surface area contributed by atoms with Crippen molar-refractivity contribution in [3.05, 3.63) is 47.5 Å². The van der Waals surface area contributed by atoms with Crippen molar-refractivity contribution in [1.82, 2.24) is 9.62 Å². The zero-order valence-electron chi connectivity index (χ0n) is 19.0. The minimum atomic E-state index is -3.85. The maximum atomic E-state index is 12.8. The van der Waals surface area contributed by atoms with Crippen molar-refractivity contribution in [3.8, 4) is 0 Å². The molecule has 0 spiro atoms. The Morgan fingerprint density at radius 2 is 1.70 bits per heavy atom. The van der Waals surface area contributed by atoms with Gasteiger partial charge in [-0.05, 0) is 23.8 Å². The standard InChI is InChI=1S/C22H35N3O4S/c1-15(2)18(25(7)21(27)19(23)22(4,5)6)13-16(3)20(26)24-30(28,29)14-17-11-9-8-10-12-17/h8-13,15,18-19H,14,23H2,1-7H3,(H,24,26). The second-order valence-corrected chi connectivity index (χ2v) is 10.8. The van der Waals surface area contributed by atoms with Gasteiger partial charge in [0.2, 0.25) is 15.9 Å². The van der Waals surface area contributed by atoms with Gasteiger partial charge < -0.3 is 10.6 Å². The summed E-state index contributed by atoms with van der Waals surface area (Å²) in [5.41, 5.74) is 6.50. The topological polar surface area (TPSA) is 110 Å². The Hall–Kier alpha value is -2.19. The summed E-state index contributed by atoms with van der Waals surface area (Å²) in [6.07, 6.45) is 1.62. The number of rotatable bonds is 8. The molecule has 3 N–H and O–H groups in total. The monoisotopic (exact) mass is 437 g/mol. The van der Waals surface area contributed by atoms with Crippen LogP contribution in [0, 0.1) is 11.3 Å². The second kappa shape index (κ2) is 10.2. The summed E-state index contributed by atoms with van der Waals surface area (Å²) in [7, 11) is -2.20. The lowest BCUT2D eigenvalue weighted by atomic mass is 9.86. The third kappa shape index (κ3) is 7.57. The highest BCUT2D eigenvalue weighted by molar-refractivity contribution is 7.89. The number of benzene rings is 1. The molecule has 168 valence electrons. The fraction of sp³-hybridized carbons (Fsp3) is 0.545. The first-order valence-corrected chi connectivity index (χ1v) is 11.6. The molecule has 0 aromatic heterocycles. The SMILES string of the molecule is CC(=CC(C(C)C)N(C)C(=O)C(N)C(C)(C)C)C(=O)NS(=O)(=O)Cc1ccccc1. The molecule has 8 heteroatoms. The Morgan fingerprint density at radius 1 is 1.17 bits per heavy atom. The third-order valence-corrected chi connectivity index (χ3v) is 6.11. The highest BCUT2D eigenvalue weighted by atomic mass is 32.2. The van der Waals surface area contributed by atoms with Gasteiger partial charge in [-0.25, -0.2) is 13.1 Å². The van der Waals surface area contributed by atoms with E-state index in [1.54, 1.807) is 43.5 Å². The predicted molar refractivity (Wildman–Crippen MR) is 120 cm³/mol. The van der Waals surface area contributed by atoms with E-state index in [0.29, 0.717) is 5.56 Å². The number of hydrogen-bond acceptors (Lipinski definition) is 5. The van der Waals surface area contributed by atoms with E-state index >= 15 is 0 Å². The number of nitrogens with one attached hydrogen (secondary N) is 1. The molecule has 0 aliphatic heterocycles. The van der Waals surface area contributed by atoms with E-state index in [1.807, 2.05) is 34.6 Å². The normalized spacial score (nSPS) is 14.9. The molecule has 0 saturated carbocycles. The molecule has 2 unspecified atom stereocenters. The number of carbonyl (C=O) groups excluding carboxylic acids is 2. The molecule has 1 rings (SSSR count). The number of hydrogen-bond donors (Lipinski definition) is 2. The number of likely N-dealkylation sites (N-methyl/N-ethyl adjacent to an activating group) is 1. The zero-order valence-corrected chi connectivity index (χ0v) is 19.8. The first-order chi connectivity index (χ1) is 13.7. The maximum Gasteiger partial charge on any atom is 0.260 e. The van der Waals surface area contributed by atoms with Crippen molar-refractivity contribution in [2.75, 3.05) is 7.05 Å². The van der Waals surface area contributed by atoms with Gasteiger partial charge in [-0.15, -0.1) is 0 Å². The average molecular weight is 438 g/mol. The Labute approximate surface area is 180 Å². The fourth-order valence-corrected chi connectivity index (χ4v) is 4.02. The van der Waals surface area contributed by atoms with E-state index < -0.39 is 33.4 Å². The second-order valence-electron chi connectivity index (χ2n) is 9.05. The van der Waals surface area contributed by atoms with Crippen LogP contribution in [0.2, 0.25) is 0 Å². The van der Waals surface area contributed by atoms with Crippen LogP contribution in [0.1, 0.15) is 47.1 Å². The van der Waals surface area contributed by atoms with Crippen LogP contribution in [0.4, 0.5) is 0 Å². The molecule has 0 saturated heterocycles. The van der Waals surface area contributed by atoms with E-state index in [2.05, 4.69) is 4.72 Å². The summed E-state index contributed by atoms with van der Waals surface area (Å²) in [5, 5.41) is 0. The number of amides is 2. The summed E-state index contributed by atoms with van der Waals surface area (Å²) in [6.45, 7) is 11.0. The van der Waals surface area contributed by atoms with Gasteiger partial charge in [0.25, 0.3) is 5.91 Å². The molecule has 0 aliphatic carbocycles. The molecule has 2 amide bonds. The molecule has 2 atom stereocenters. The number of nitrogens with zero attached hydrogens (tertiary/aromatic N) is 1. The van der Waals surface area contributed by atoms with E-state index in [-0.39, 0.29) is 23.2 Å². The van der Waals surface area contributed by atoms with Crippen molar-refractivity contribution in [2.24, 2.45) is 17.1 Å². The minimum Gasteiger partial charge on any atom is -0.338 e. The quantitative estimate of drug-likeness (QED) is 0.607. The van der Waals surface area contributed by atoms with E-state index in [4.69, 9.17) is 5.73 Å². The number of carbonyl (C=O) groups is 2. The van der Waals surface area contributed by atoms with Crippen molar-refractivity contribution < 1.29 is 18.0 Å². The predicted octanol–water partition coefficient (Wildman–Crippen LogP) is 2.44. The smallest absolute Gasteiger partial charge is 0.260 e. The summed E-state index contributed by atoms with van der Waals surface area (Å²) in [6, 6.07) is 7.52. The lowest BCUT2D eigenvalue weighted by molar-refractivity contribution is -0.135. The highest BCUT2D eigenvalue weighted by Gasteiger charge is 2.33. The molecular formula is C22H35N3O4S. The van der Waals surface area contributed by atoms with Crippen molar-refractivity contribution >= 4 is 21.8 Å². The molecule has 1 aromatic rings. The molecule has 30 heavy (non-hydrogen) atoms. The van der Waals surface area contributed by atoms with Crippen LogP contribution in [0.15, 0.2) is 42.0 Å². The van der Waals surface area contributed by atoms with Crippen LogP contribution < -0.4 is 10.5 Å². The van der Waals surface area contributed by atoms with Crippen LogP contribution in [-0.4, -0.2) is 44.3 Å². The Balaban J connectivity index is 2.98. The highest BCUT2D eigenvalue weighted by Crippen LogP contribution is 2.22. The molecule has 1 aromatic carbocycles. The van der Waals surface area contributed by atoms with Crippen LogP contribution in [0.5, 0.6) is 0 Å². The van der Waals surface area contributed by atoms with E-state index in [9.17, 15) is 18.0 Å². The lowest BCUT2D eigenvalue weighted by Gasteiger charge is -2.35. The van der Waals surface area contributed by atoms with Gasteiger partial charge in [0.1, 0.15) is 0 Å². The number of sulfonamides is 1. The molecule has 0 fully saturated rings. The number of nitrogens with two attached hydrogens (primary N) is 1. The van der Waals surface area contributed by atoms with Gasteiger partial charge >= 0.3 is 0 Å². The van der Waals surface area contributed by atoms with Crippen molar-refractivity contribution in [3.63, 3.8) is 0 Å². The summed E-state index contributed by atoms with van der Waals surface area (Å²) >= 11 is 0. The van der Waals surface area contributed by atoms with Gasteiger partial charge in [-0.2, -0.15) is 0 Å². The van der Waals surface area contributed by atoms with Gasteiger partial charge in [0, 0.05) is 12.6 Å². The zero-order chi connectivity index (χ0) is 23.3. The van der Waals surface area contributed by atoms with Crippen molar-refractivity contribution in [1.29, 1.82) is 0 Å². The third-order valence-electron chi connectivity index (χ3n) is 4.90. The van der Waals surface area contributed by atoms with Gasteiger partial charge in [-0.1, -0.05) is 71.0 Å². The van der Waals surface area contributed by atoms with Crippen LogP contribution in [0.25, 0.3) is 0 Å². The molecule has 0 heterocycles. The molecular weight excluding hydrogens is 402 g/mol. The maximum absolute atomic E-state index is 12.8. The lowest BCUT2D eigenvalue weighted by Crippen LogP contribution is -2.52. The summed E-state index contributed by atoms with van der Waals surface area (Å²) in [5.74, 6) is -1.24. The first-order valence-electron chi connectivity index (χ1n) is 9.95. The molecule has 7 nitrogen and oxygen atoms in total. The summed E-state index contributed by atoms with van der Waals surface area (Å²) in [4.78, 5) is 26.8. The molecule has 0 aliphatic rings. The molecule has 0 bridgehead atoms. The van der Waals surface area contributed by atoms with Gasteiger partial charge in [0.15, 0.2) is 0 Å². The van der Waals surface area contributed by atoms with Gasteiger partial charge in [0.05, 0.1) is 17.8 Å². The first kappa shape index (κ1) is 25.8. The Kier molecular flexibility index (Phi) is 8.80. The summed E-state index contributed by atoms with van der Waals surface area (Å²) < 4.78 is 26.8. The fourth-order valence-electron chi connectivity index (χ4n) is 2.87. The minimum absolute atomic E-state index is 0.00482. The van der Waals surface area contributed by atoms with Crippen molar-refractivity contribution in [2.45, 2.75) is 59.4 Å². The molecule has 0 radical (unpaired) electrons. The van der Waals surface area contributed by atoms with E-state index in [1.165, 1.54) is 11.8 Å². The van der Waals surface area contributed by atoms with E-state index in [0.717, 1.165) is 0 Å². The largest absolute Gasteiger partial charge is 0.338 e. The van der Waals surface area contributed by atoms with Crippen LogP contribution in [0.3, 0.4) is 0 Å². The van der Waals surface area contributed by atoms with Crippen LogP contribution >= 0.6 is 0 Å². The van der Waals surface area contributed by atoms with Crippen LogP contribution in [-0.2, 0) is 25.4 Å². The Morgan fingerprint density at radius 3 is 2.17 bits per heavy atom.